The van der Waals surface area contributed by atoms with Gasteiger partial charge in [-0.15, -0.1) is 0 Å². The first-order valence-electron chi connectivity index (χ1n) is 20.3. The maximum atomic E-state index is 7.50. The summed E-state index contributed by atoms with van der Waals surface area (Å²) in [5.74, 6) is 3.81. The van der Waals surface area contributed by atoms with E-state index in [1.54, 1.807) is 0 Å². The fraction of sp³-hybridized carbons (Fsp3) is 0.250. The molecule has 12 heteroatoms. The van der Waals surface area contributed by atoms with Crippen molar-refractivity contribution in [3.63, 3.8) is 0 Å². The number of aryl methyl sites for hydroxylation is 12. The fourth-order valence-corrected chi connectivity index (χ4v) is 19.9. The first-order valence-corrected chi connectivity index (χ1v) is 25.4. The Hall–Kier alpha value is -4.87. The molecule has 0 saturated heterocycles. The normalized spacial score (nSPS) is 16.1. The van der Waals surface area contributed by atoms with E-state index in [-0.39, 0.29) is 0 Å². The van der Waals surface area contributed by atoms with Gasteiger partial charge in [-0.05, 0) is 0 Å². The monoisotopic (exact) mass is 865 g/mol. The maximum absolute atomic E-state index is 7.50. The Kier molecular flexibility index (Phi) is 12.4. The average Bonchev–Trinajstić information content (AvgIpc) is 3.18. The van der Waals surface area contributed by atoms with Gasteiger partial charge in [-0.3, -0.25) is 0 Å². The molecule has 0 atom stereocenters. The van der Waals surface area contributed by atoms with Crippen LogP contribution in [0.4, 0.5) is 0 Å². The summed E-state index contributed by atoms with van der Waals surface area (Å²) in [4.78, 5) is 7.69. The van der Waals surface area contributed by atoms with E-state index in [1.165, 1.54) is 0 Å². The molecule has 0 aromatic heterocycles. The third kappa shape index (κ3) is 8.93. The van der Waals surface area contributed by atoms with Gasteiger partial charge in [0.1, 0.15) is 0 Å². The molecule has 6 aromatic carbocycles. The Labute approximate surface area is 357 Å². The summed E-state index contributed by atoms with van der Waals surface area (Å²) in [7, 11) is -12.6. The summed E-state index contributed by atoms with van der Waals surface area (Å²) >= 11 is 0. The third-order valence-electron chi connectivity index (χ3n) is 10.7. The second-order valence-corrected chi connectivity index (χ2v) is 23.3. The van der Waals surface area contributed by atoms with Gasteiger partial charge in [0.15, 0.2) is 0 Å². The van der Waals surface area contributed by atoms with Crippen molar-refractivity contribution in [2.24, 2.45) is 4.52 Å². The van der Waals surface area contributed by atoms with Gasteiger partial charge in [0.2, 0.25) is 0 Å². The van der Waals surface area contributed by atoms with Gasteiger partial charge in [-0.1, -0.05) is 0 Å². The van der Waals surface area contributed by atoms with Crippen molar-refractivity contribution < 1.29 is 27.1 Å². The summed E-state index contributed by atoms with van der Waals surface area (Å²) < 4.78 is 50.5. The van der Waals surface area contributed by atoms with E-state index in [0.29, 0.717) is 34.5 Å². The molecule has 0 amide bonds. The summed E-state index contributed by atoms with van der Waals surface area (Å²) in [5.41, 5.74) is 11.0. The molecule has 6 aromatic rings. The van der Waals surface area contributed by atoms with E-state index in [2.05, 4.69) is 9.72 Å². The molecule has 9 nitrogen and oxygen atoms in total. The van der Waals surface area contributed by atoms with Crippen LogP contribution in [0.25, 0.3) is 0 Å². The molecule has 0 saturated carbocycles. The van der Waals surface area contributed by atoms with Crippen molar-refractivity contribution in [1.29, 1.82) is 0 Å². The first-order chi connectivity index (χ1) is 28.5. The first kappa shape index (κ1) is 43.2. The molecule has 1 aliphatic heterocycles. The van der Waals surface area contributed by atoms with E-state index >= 15 is 0 Å². The van der Waals surface area contributed by atoms with Crippen LogP contribution < -0.4 is 36.9 Å². The Bertz CT molecular complexity index is 2360. The molecule has 1 aliphatic rings. The molecular formula is C48H58N3O6P3. The summed E-state index contributed by atoms with van der Waals surface area (Å²) in [6.45, 7) is 24.3. The van der Waals surface area contributed by atoms with E-state index in [1.807, 2.05) is 192 Å². The van der Waals surface area contributed by atoms with Crippen molar-refractivity contribution in [3.05, 3.63) is 176 Å². The van der Waals surface area contributed by atoms with Crippen LogP contribution >= 0.6 is 23.7 Å². The van der Waals surface area contributed by atoms with Crippen LogP contribution in [0.15, 0.2) is 114 Å². The van der Waals surface area contributed by atoms with Crippen molar-refractivity contribution in [2.75, 3.05) is 0 Å². The molecule has 0 bridgehead atoms. The number of hydrogen-bond donors (Lipinski definition) is 2. The van der Waals surface area contributed by atoms with Crippen LogP contribution in [0.1, 0.15) is 66.8 Å². The zero-order valence-corrected chi connectivity index (χ0v) is 39.6. The van der Waals surface area contributed by atoms with E-state index in [0.717, 1.165) is 66.8 Å². The zero-order valence-electron chi connectivity index (χ0n) is 36.7. The number of nitrogens with one attached hydrogen (secondary N) is 2. The van der Waals surface area contributed by atoms with Gasteiger partial charge >= 0.3 is 359 Å². The van der Waals surface area contributed by atoms with Crippen molar-refractivity contribution in [2.45, 2.75) is 83.1 Å². The van der Waals surface area contributed by atoms with Crippen molar-refractivity contribution in [3.8, 4) is 34.5 Å². The molecule has 0 spiro atoms. The second-order valence-electron chi connectivity index (χ2n) is 16.0. The van der Waals surface area contributed by atoms with Gasteiger partial charge in [0, 0.05) is 0 Å². The second kappa shape index (κ2) is 17.2. The molecule has 1 heterocycles. The number of hydrogen-bond acceptors (Lipinski definition) is 9. The van der Waals surface area contributed by atoms with Crippen LogP contribution in [0.3, 0.4) is 0 Å². The number of nitrogens with zero attached hydrogens (tertiary/aromatic N) is 1. The van der Waals surface area contributed by atoms with Crippen molar-refractivity contribution >= 4 is 23.7 Å². The zero-order chi connectivity index (χ0) is 43.0. The fourth-order valence-electron chi connectivity index (χ4n) is 7.52. The average molecular weight is 866 g/mol. The molecule has 0 fully saturated rings. The van der Waals surface area contributed by atoms with Crippen molar-refractivity contribution in [1.82, 2.24) is 9.72 Å². The quantitative estimate of drug-likeness (QED) is 0.118. The van der Waals surface area contributed by atoms with Gasteiger partial charge < -0.3 is 0 Å². The van der Waals surface area contributed by atoms with Gasteiger partial charge in [0.05, 0.1) is 0 Å². The molecule has 7 rings (SSSR count). The molecule has 0 radical (unpaired) electrons. The minimum absolute atomic E-state index is 0.624. The van der Waals surface area contributed by atoms with Crippen LogP contribution in [-0.2, 0) is 0 Å². The van der Waals surface area contributed by atoms with E-state index in [4.69, 9.17) is 31.7 Å². The molecule has 2 N–H and O–H groups in total. The number of benzene rings is 6. The third-order valence-corrected chi connectivity index (χ3v) is 20.5. The van der Waals surface area contributed by atoms with Crippen LogP contribution in [-0.4, -0.2) is 0 Å². The number of para-hydroxylation sites is 6. The molecular weight excluding hydrogens is 807 g/mol. The summed E-state index contributed by atoms with van der Waals surface area (Å²) in [6.07, 6.45) is 0. The summed E-state index contributed by atoms with van der Waals surface area (Å²) in [6, 6.07) is 36.4. The Morgan fingerprint density at radius 2 is 0.583 bits per heavy atom. The van der Waals surface area contributed by atoms with Crippen LogP contribution in [0.5, 0.6) is 34.5 Å². The molecule has 316 valence electrons. The standard InChI is InChI=1S/C48H58N3O6P3/c1-31-19-13-20-32(2)43(31)52-58(53-44-33(3)21-14-22-34(44)4)49-59(54-45-35(5)23-15-24-36(45)6,55-46-37(7)25-16-26-38(46)8)51-60(50-58,56-47-39(9)27-17-28-40(47)10)57-48-41(11)29-18-30-42(48)12/h13-30,49-50,58-59H,1-12H3. The predicted octanol–water partition coefficient (Wildman–Crippen LogP) is 14.1. The molecule has 60 heavy (non-hydrogen) atoms. The Balaban J connectivity index is 1.64. The van der Waals surface area contributed by atoms with Gasteiger partial charge in [-0.2, -0.15) is 0 Å². The Morgan fingerprint density at radius 1 is 0.350 bits per heavy atom. The minimum atomic E-state index is -4.39. The Morgan fingerprint density at radius 3 is 0.850 bits per heavy atom. The SMILES string of the molecule is Cc1cccc(C)c1OP1(Oc2c(C)cccc2C)=N[PH](Oc2c(C)cccc2C)(Oc2c(C)cccc2C)N[PH](Oc2c(C)cccc2C)(Oc2c(C)cccc2C)N1. The number of rotatable bonds is 12. The summed E-state index contributed by atoms with van der Waals surface area (Å²) in [5, 5.41) is 0. The topological polar surface area (TPSA) is 91.8 Å². The molecule has 0 unspecified atom stereocenters. The van der Waals surface area contributed by atoms with Gasteiger partial charge in [-0.25, -0.2) is 0 Å². The van der Waals surface area contributed by atoms with Crippen LogP contribution in [0, 0.1) is 83.1 Å². The molecule has 0 aliphatic carbocycles. The predicted molar refractivity (Wildman–Crippen MR) is 252 cm³/mol. The van der Waals surface area contributed by atoms with Gasteiger partial charge in [0.25, 0.3) is 0 Å². The van der Waals surface area contributed by atoms with E-state index < -0.39 is 23.7 Å². The van der Waals surface area contributed by atoms with Crippen LogP contribution in [0.2, 0.25) is 0 Å². The van der Waals surface area contributed by atoms with E-state index in [9.17, 15) is 0 Å².